The second-order valence-corrected chi connectivity index (χ2v) is 2.41. The Morgan fingerprint density at radius 1 is 1.64 bits per heavy atom. The molecule has 0 aliphatic heterocycles. The number of ketones is 1. The maximum Gasteiger partial charge on any atom is 0.149 e. The van der Waals surface area contributed by atoms with E-state index in [-0.39, 0.29) is 11.8 Å². The molecule has 1 N–H and O–H groups in total. The smallest absolute Gasteiger partial charge is 0.149 e. The Kier molecular flexibility index (Phi) is 5.65. The summed E-state index contributed by atoms with van der Waals surface area (Å²) in [5.74, 6) is 0.175. The fraction of sp³-hybridized carbons (Fsp3) is 0.750. The minimum absolute atomic E-state index is 0.134. The first-order valence-electron chi connectivity index (χ1n) is 3.89. The minimum atomic E-state index is -0.134. The predicted octanol–water partition coefficient (Wildman–Crippen LogP) is 0.533. The summed E-state index contributed by atoms with van der Waals surface area (Å²) in [7, 11) is 1.74. The van der Waals surface area contributed by atoms with Gasteiger partial charge < -0.3 is 10.1 Å². The lowest BCUT2D eigenvalue weighted by atomic mass is 10.1. The number of aldehydes is 1. The van der Waals surface area contributed by atoms with Crippen LogP contribution in [0.2, 0.25) is 0 Å². The summed E-state index contributed by atoms with van der Waals surface area (Å²) >= 11 is 0. The van der Waals surface area contributed by atoms with Crippen LogP contribution in [-0.4, -0.2) is 25.2 Å². The Bertz CT molecular complexity index is 134. The number of likely N-dealkylation sites (N-methyl/N-ethyl adjacent to an activating group) is 1. The highest BCUT2D eigenvalue weighted by atomic mass is 16.1. The Balaban J connectivity index is 3.74. The topological polar surface area (TPSA) is 46.2 Å². The van der Waals surface area contributed by atoms with Gasteiger partial charge in [0.2, 0.25) is 0 Å². The molecule has 1 unspecified atom stereocenters. The van der Waals surface area contributed by atoms with Crippen molar-refractivity contribution in [3.8, 4) is 0 Å². The molecule has 0 radical (unpaired) electrons. The van der Waals surface area contributed by atoms with E-state index in [0.717, 1.165) is 6.29 Å². The molecule has 0 amide bonds. The zero-order valence-corrected chi connectivity index (χ0v) is 7.09. The van der Waals surface area contributed by atoms with E-state index in [1.54, 1.807) is 7.05 Å². The van der Waals surface area contributed by atoms with Gasteiger partial charge in [0.1, 0.15) is 12.1 Å². The molecule has 0 aliphatic rings. The van der Waals surface area contributed by atoms with Crippen LogP contribution in [0, 0.1) is 0 Å². The van der Waals surface area contributed by atoms with Gasteiger partial charge in [-0.1, -0.05) is 6.92 Å². The number of nitrogens with one attached hydrogen (secondary N) is 1. The second kappa shape index (κ2) is 6.04. The number of Topliss-reactive ketones (excluding diaryl/α,β-unsaturated/α-hetero) is 1. The molecule has 0 aromatic carbocycles. The van der Waals surface area contributed by atoms with Crippen molar-refractivity contribution in [3.05, 3.63) is 0 Å². The van der Waals surface area contributed by atoms with Gasteiger partial charge in [0.15, 0.2) is 0 Å². The Labute approximate surface area is 67.2 Å². The molecule has 3 nitrogen and oxygen atoms in total. The SMILES string of the molecule is CCC(=O)C(CCC=O)NC. The highest BCUT2D eigenvalue weighted by Gasteiger charge is 2.12. The lowest BCUT2D eigenvalue weighted by molar-refractivity contribution is -0.120. The maximum atomic E-state index is 11.1. The van der Waals surface area contributed by atoms with Crippen molar-refractivity contribution in [1.82, 2.24) is 5.32 Å². The number of rotatable bonds is 6. The summed E-state index contributed by atoms with van der Waals surface area (Å²) in [5.41, 5.74) is 0. The van der Waals surface area contributed by atoms with Crippen molar-refractivity contribution >= 4 is 12.1 Å². The molecule has 0 rings (SSSR count). The molecule has 3 heteroatoms. The molecule has 0 aromatic heterocycles. The summed E-state index contributed by atoms with van der Waals surface area (Å²) in [6.07, 6.45) is 2.45. The molecule has 0 bridgehead atoms. The largest absolute Gasteiger partial charge is 0.311 e. The average molecular weight is 157 g/mol. The van der Waals surface area contributed by atoms with Gasteiger partial charge in [-0.2, -0.15) is 0 Å². The Morgan fingerprint density at radius 3 is 2.64 bits per heavy atom. The van der Waals surface area contributed by atoms with Crippen LogP contribution in [0.15, 0.2) is 0 Å². The summed E-state index contributed by atoms with van der Waals surface area (Å²) in [4.78, 5) is 21.1. The Hall–Kier alpha value is -0.700. The molecule has 0 spiro atoms. The van der Waals surface area contributed by atoms with Crippen LogP contribution in [0.1, 0.15) is 26.2 Å². The molecule has 11 heavy (non-hydrogen) atoms. The van der Waals surface area contributed by atoms with Gasteiger partial charge in [0.25, 0.3) is 0 Å². The van der Waals surface area contributed by atoms with E-state index in [4.69, 9.17) is 0 Å². The highest BCUT2D eigenvalue weighted by molar-refractivity contribution is 5.83. The fourth-order valence-electron chi connectivity index (χ4n) is 0.947. The van der Waals surface area contributed by atoms with Crippen LogP contribution in [-0.2, 0) is 9.59 Å². The predicted molar refractivity (Wildman–Crippen MR) is 43.4 cm³/mol. The Morgan fingerprint density at radius 2 is 2.27 bits per heavy atom. The van der Waals surface area contributed by atoms with Gasteiger partial charge in [-0.15, -0.1) is 0 Å². The second-order valence-electron chi connectivity index (χ2n) is 2.41. The molecule has 0 saturated carbocycles. The van der Waals surface area contributed by atoms with E-state index in [2.05, 4.69) is 5.32 Å². The van der Waals surface area contributed by atoms with Crippen LogP contribution in [0.4, 0.5) is 0 Å². The van der Waals surface area contributed by atoms with Gasteiger partial charge >= 0.3 is 0 Å². The van der Waals surface area contributed by atoms with E-state index in [1.807, 2.05) is 6.92 Å². The molecule has 0 saturated heterocycles. The molecule has 1 atom stereocenters. The monoisotopic (exact) mass is 157 g/mol. The van der Waals surface area contributed by atoms with Crippen LogP contribution >= 0.6 is 0 Å². The number of hydrogen-bond acceptors (Lipinski definition) is 3. The first-order chi connectivity index (χ1) is 5.26. The maximum absolute atomic E-state index is 11.1. The van der Waals surface area contributed by atoms with Crippen molar-refractivity contribution in [3.63, 3.8) is 0 Å². The van der Waals surface area contributed by atoms with Crippen molar-refractivity contribution in [1.29, 1.82) is 0 Å². The highest BCUT2D eigenvalue weighted by Crippen LogP contribution is 1.98. The van der Waals surface area contributed by atoms with Gasteiger partial charge in [0, 0.05) is 12.8 Å². The number of carbonyl (C=O) groups is 2. The molecule has 0 fully saturated rings. The fourth-order valence-corrected chi connectivity index (χ4v) is 0.947. The lowest BCUT2D eigenvalue weighted by Crippen LogP contribution is -2.33. The third kappa shape index (κ3) is 3.88. The summed E-state index contributed by atoms with van der Waals surface area (Å²) in [6.45, 7) is 1.83. The van der Waals surface area contributed by atoms with Crippen molar-refractivity contribution < 1.29 is 9.59 Å². The molecular formula is C8H15NO2. The molecule has 0 heterocycles. The van der Waals surface area contributed by atoms with Gasteiger partial charge in [-0.25, -0.2) is 0 Å². The first-order valence-corrected chi connectivity index (χ1v) is 3.89. The third-order valence-electron chi connectivity index (χ3n) is 1.66. The lowest BCUT2D eigenvalue weighted by Gasteiger charge is -2.11. The average Bonchev–Trinajstić information content (AvgIpc) is 2.05. The summed E-state index contributed by atoms with van der Waals surface area (Å²) in [5, 5.41) is 2.88. The molecule has 0 aromatic rings. The molecular weight excluding hydrogens is 142 g/mol. The van der Waals surface area contributed by atoms with Crippen molar-refractivity contribution in [2.45, 2.75) is 32.2 Å². The van der Waals surface area contributed by atoms with Crippen molar-refractivity contribution in [2.24, 2.45) is 0 Å². The number of hydrogen-bond donors (Lipinski definition) is 1. The summed E-state index contributed by atoms with van der Waals surface area (Å²) < 4.78 is 0. The van der Waals surface area contributed by atoms with Crippen LogP contribution in [0.3, 0.4) is 0 Å². The zero-order valence-electron chi connectivity index (χ0n) is 7.09. The van der Waals surface area contributed by atoms with Crippen LogP contribution in [0.25, 0.3) is 0 Å². The molecule has 0 aliphatic carbocycles. The third-order valence-corrected chi connectivity index (χ3v) is 1.66. The standard InChI is InChI=1S/C8H15NO2/c1-3-8(11)7(9-2)5-4-6-10/h6-7,9H,3-5H2,1-2H3. The van der Waals surface area contributed by atoms with Crippen LogP contribution < -0.4 is 5.32 Å². The van der Waals surface area contributed by atoms with Gasteiger partial charge in [-0.3, -0.25) is 4.79 Å². The van der Waals surface area contributed by atoms with E-state index in [1.165, 1.54) is 0 Å². The first kappa shape index (κ1) is 10.3. The quantitative estimate of drug-likeness (QED) is 0.572. The zero-order chi connectivity index (χ0) is 8.69. The number of carbonyl (C=O) groups excluding carboxylic acids is 2. The van der Waals surface area contributed by atoms with E-state index < -0.39 is 0 Å². The summed E-state index contributed by atoms with van der Waals surface area (Å²) in [6, 6.07) is -0.134. The molecule has 64 valence electrons. The van der Waals surface area contributed by atoms with E-state index in [9.17, 15) is 9.59 Å². The van der Waals surface area contributed by atoms with Crippen LogP contribution in [0.5, 0.6) is 0 Å². The van der Waals surface area contributed by atoms with Gasteiger partial charge in [0.05, 0.1) is 6.04 Å². The van der Waals surface area contributed by atoms with Crippen molar-refractivity contribution in [2.75, 3.05) is 7.05 Å². The normalized spacial score (nSPS) is 12.5. The van der Waals surface area contributed by atoms with E-state index in [0.29, 0.717) is 19.3 Å². The van der Waals surface area contributed by atoms with E-state index >= 15 is 0 Å². The van der Waals surface area contributed by atoms with Gasteiger partial charge in [-0.05, 0) is 13.5 Å². The minimum Gasteiger partial charge on any atom is -0.311 e.